The van der Waals surface area contributed by atoms with Crippen molar-refractivity contribution in [1.82, 2.24) is 15.1 Å². The molecule has 3 aliphatic rings. The Hall–Kier alpha value is -3.79. The van der Waals surface area contributed by atoms with Gasteiger partial charge >= 0.3 is 0 Å². The number of hydrogen-bond donors (Lipinski definition) is 2. The Morgan fingerprint density at radius 1 is 0.738 bits per heavy atom. The first kappa shape index (κ1) is 29.7. The Balaban J connectivity index is 1.35. The van der Waals surface area contributed by atoms with E-state index in [1.165, 1.54) is 6.42 Å². The lowest BCUT2D eigenvalue weighted by atomic mass is 9.88. The standard InChI is InChI=1S/C32H43N5O5/c1-41-28-12-10-25(22-29(28)42-2)32(40)36-16-6-15-35(19-20-36)27-11-9-24(31(39)37-17-13-33-14-18-37)21-26(27)34-30(38)23-7-4-3-5-8-23/h9-12,21-23,33H,3-8,13-20H2,1-2H3,(H,34,38). The van der Waals surface area contributed by atoms with Crippen LogP contribution in [-0.4, -0.2) is 94.1 Å². The van der Waals surface area contributed by atoms with Gasteiger partial charge in [0.15, 0.2) is 11.5 Å². The smallest absolute Gasteiger partial charge is 0.254 e. The van der Waals surface area contributed by atoms with Crippen LogP contribution in [0.5, 0.6) is 11.5 Å². The van der Waals surface area contributed by atoms with Crippen LogP contribution >= 0.6 is 0 Å². The zero-order chi connectivity index (χ0) is 29.5. The molecule has 2 saturated heterocycles. The van der Waals surface area contributed by atoms with Crippen molar-refractivity contribution >= 4 is 29.1 Å². The van der Waals surface area contributed by atoms with Gasteiger partial charge in [-0.2, -0.15) is 0 Å². The largest absolute Gasteiger partial charge is 0.493 e. The van der Waals surface area contributed by atoms with Crippen LogP contribution in [0.1, 0.15) is 59.2 Å². The van der Waals surface area contributed by atoms with E-state index < -0.39 is 0 Å². The molecule has 2 aromatic rings. The van der Waals surface area contributed by atoms with Gasteiger partial charge in [0.05, 0.1) is 25.6 Å². The van der Waals surface area contributed by atoms with Crippen molar-refractivity contribution in [1.29, 1.82) is 0 Å². The maximum Gasteiger partial charge on any atom is 0.254 e. The van der Waals surface area contributed by atoms with Crippen LogP contribution in [0.2, 0.25) is 0 Å². The Labute approximate surface area is 248 Å². The lowest BCUT2D eigenvalue weighted by Gasteiger charge is -2.29. The van der Waals surface area contributed by atoms with Gasteiger partial charge in [0.2, 0.25) is 5.91 Å². The fourth-order valence-electron chi connectivity index (χ4n) is 6.21. The molecule has 1 aliphatic carbocycles. The molecule has 5 rings (SSSR count). The highest BCUT2D eigenvalue weighted by Crippen LogP contribution is 2.32. The molecule has 2 aromatic carbocycles. The predicted molar refractivity (Wildman–Crippen MR) is 163 cm³/mol. The third-order valence-corrected chi connectivity index (χ3v) is 8.64. The Bertz CT molecular complexity index is 1270. The quantitative estimate of drug-likeness (QED) is 0.518. The highest BCUT2D eigenvalue weighted by Gasteiger charge is 2.27. The van der Waals surface area contributed by atoms with E-state index in [4.69, 9.17) is 9.47 Å². The molecule has 1 saturated carbocycles. The predicted octanol–water partition coefficient (Wildman–Crippen LogP) is 3.62. The second-order valence-corrected chi connectivity index (χ2v) is 11.3. The first-order valence-corrected chi connectivity index (χ1v) is 15.2. The Morgan fingerprint density at radius 2 is 1.40 bits per heavy atom. The fraction of sp³-hybridized carbons (Fsp3) is 0.531. The first-order chi connectivity index (χ1) is 20.5. The minimum Gasteiger partial charge on any atom is -0.493 e. The number of nitrogens with zero attached hydrogens (tertiary/aromatic N) is 3. The molecule has 2 heterocycles. The number of rotatable bonds is 7. The molecule has 10 nitrogen and oxygen atoms in total. The van der Waals surface area contributed by atoms with E-state index in [1.807, 2.05) is 28.0 Å². The molecule has 226 valence electrons. The SMILES string of the molecule is COc1ccc(C(=O)N2CCCN(c3ccc(C(=O)N4CCNCC4)cc3NC(=O)C3CCCCC3)CC2)cc1OC. The number of hydrogen-bond acceptors (Lipinski definition) is 7. The number of piperazine rings is 1. The molecule has 0 spiro atoms. The van der Waals surface area contributed by atoms with Gasteiger partial charge in [-0.3, -0.25) is 14.4 Å². The number of benzene rings is 2. The van der Waals surface area contributed by atoms with Gasteiger partial charge in [-0.05, 0) is 55.7 Å². The zero-order valence-corrected chi connectivity index (χ0v) is 24.8. The minimum atomic E-state index is -0.0550. The van der Waals surface area contributed by atoms with Gasteiger partial charge in [0.1, 0.15) is 0 Å². The summed E-state index contributed by atoms with van der Waals surface area (Å²) >= 11 is 0. The summed E-state index contributed by atoms with van der Waals surface area (Å²) in [5, 5.41) is 6.50. The van der Waals surface area contributed by atoms with Crippen LogP contribution in [0.25, 0.3) is 0 Å². The summed E-state index contributed by atoms with van der Waals surface area (Å²) in [4.78, 5) is 46.1. The molecule has 10 heteroatoms. The highest BCUT2D eigenvalue weighted by molar-refractivity contribution is 6.01. The minimum absolute atomic E-state index is 0.00198. The van der Waals surface area contributed by atoms with Crippen molar-refractivity contribution in [2.75, 3.05) is 76.8 Å². The number of nitrogens with one attached hydrogen (secondary N) is 2. The monoisotopic (exact) mass is 577 g/mol. The second kappa shape index (κ2) is 13.9. The van der Waals surface area contributed by atoms with E-state index in [1.54, 1.807) is 32.4 Å². The molecule has 0 atom stereocenters. The molecular formula is C32H43N5O5. The topological polar surface area (TPSA) is 103 Å². The molecular weight excluding hydrogens is 534 g/mol. The molecule has 0 bridgehead atoms. The van der Waals surface area contributed by atoms with Gasteiger partial charge in [-0.25, -0.2) is 0 Å². The summed E-state index contributed by atoms with van der Waals surface area (Å²) in [5.41, 5.74) is 2.69. The van der Waals surface area contributed by atoms with E-state index in [-0.39, 0.29) is 23.6 Å². The summed E-state index contributed by atoms with van der Waals surface area (Å²) in [7, 11) is 3.13. The molecule has 0 aromatic heterocycles. The summed E-state index contributed by atoms with van der Waals surface area (Å²) in [6, 6.07) is 10.9. The normalized spacial score (nSPS) is 18.3. The van der Waals surface area contributed by atoms with Gasteiger partial charge in [0.25, 0.3) is 11.8 Å². The number of carbonyl (C=O) groups is 3. The molecule has 2 aliphatic heterocycles. The second-order valence-electron chi connectivity index (χ2n) is 11.3. The number of amides is 3. The first-order valence-electron chi connectivity index (χ1n) is 15.2. The Morgan fingerprint density at radius 3 is 2.12 bits per heavy atom. The average Bonchev–Trinajstić information content (AvgIpc) is 3.31. The highest BCUT2D eigenvalue weighted by atomic mass is 16.5. The summed E-state index contributed by atoms with van der Waals surface area (Å²) in [6.07, 6.45) is 5.90. The number of carbonyl (C=O) groups excluding carboxylic acids is 3. The molecule has 3 amide bonds. The van der Waals surface area contributed by atoms with Crippen LogP contribution in [0.3, 0.4) is 0 Å². The van der Waals surface area contributed by atoms with Crippen molar-refractivity contribution in [3.05, 3.63) is 47.5 Å². The number of ether oxygens (including phenoxy) is 2. The Kier molecular flexibility index (Phi) is 9.84. The molecule has 0 unspecified atom stereocenters. The van der Waals surface area contributed by atoms with Crippen molar-refractivity contribution < 1.29 is 23.9 Å². The lowest BCUT2D eigenvalue weighted by molar-refractivity contribution is -0.120. The van der Waals surface area contributed by atoms with Gasteiger partial charge in [-0.15, -0.1) is 0 Å². The van der Waals surface area contributed by atoms with Crippen LogP contribution in [0.4, 0.5) is 11.4 Å². The molecule has 42 heavy (non-hydrogen) atoms. The third-order valence-electron chi connectivity index (χ3n) is 8.64. The maximum atomic E-state index is 13.4. The van der Waals surface area contributed by atoms with Crippen LogP contribution in [0.15, 0.2) is 36.4 Å². The fourth-order valence-corrected chi connectivity index (χ4v) is 6.21. The average molecular weight is 578 g/mol. The van der Waals surface area contributed by atoms with Crippen LogP contribution in [0, 0.1) is 5.92 Å². The molecule has 2 N–H and O–H groups in total. The van der Waals surface area contributed by atoms with Crippen molar-refractivity contribution in [2.45, 2.75) is 38.5 Å². The van der Waals surface area contributed by atoms with E-state index in [2.05, 4.69) is 15.5 Å². The molecule has 3 fully saturated rings. The van der Waals surface area contributed by atoms with Crippen LogP contribution < -0.4 is 25.0 Å². The van der Waals surface area contributed by atoms with E-state index in [0.29, 0.717) is 61.0 Å². The van der Waals surface area contributed by atoms with Gasteiger partial charge < -0.3 is 34.8 Å². The molecule has 0 radical (unpaired) electrons. The maximum absolute atomic E-state index is 13.4. The summed E-state index contributed by atoms with van der Waals surface area (Å²) in [6.45, 7) is 5.38. The van der Waals surface area contributed by atoms with Gasteiger partial charge in [-0.1, -0.05) is 19.3 Å². The number of anilines is 2. The van der Waals surface area contributed by atoms with E-state index >= 15 is 0 Å². The van der Waals surface area contributed by atoms with E-state index in [9.17, 15) is 14.4 Å². The van der Waals surface area contributed by atoms with Crippen molar-refractivity contribution in [3.63, 3.8) is 0 Å². The van der Waals surface area contributed by atoms with Crippen molar-refractivity contribution in [2.24, 2.45) is 5.92 Å². The van der Waals surface area contributed by atoms with Crippen LogP contribution in [-0.2, 0) is 4.79 Å². The zero-order valence-electron chi connectivity index (χ0n) is 24.8. The third kappa shape index (κ3) is 6.81. The lowest BCUT2D eigenvalue weighted by Crippen LogP contribution is -2.46. The summed E-state index contributed by atoms with van der Waals surface area (Å²) in [5.74, 6) is 1.06. The summed E-state index contributed by atoms with van der Waals surface area (Å²) < 4.78 is 10.7. The number of methoxy groups -OCH3 is 2. The van der Waals surface area contributed by atoms with Crippen molar-refractivity contribution in [3.8, 4) is 11.5 Å². The van der Waals surface area contributed by atoms with E-state index in [0.717, 1.165) is 57.4 Å². The van der Waals surface area contributed by atoms with Gasteiger partial charge in [0, 0.05) is 69.4 Å².